The Morgan fingerprint density at radius 1 is 1.42 bits per heavy atom. The van der Waals surface area contributed by atoms with Gasteiger partial charge >= 0.3 is 0 Å². The average Bonchev–Trinajstić information content (AvgIpc) is 2.79. The summed E-state index contributed by atoms with van der Waals surface area (Å²) in [5.74, 6) is 0. The van der Waals surface area contributed by atoms with Gasteiger partial charge in [0, 0.05) is 18.6 Å². The zero-order chi connectivity index (χ0) is 14.0. The molecular formula is C14H27N5. The van der Waals surface area contributed by atoms with Crippen molar-refractivity contribution in [1.29, 1.82) is 0 Å². The predicted molar refractivity (Wildman–Crippen MR) is 77.0 cm³/mol. The quantitative estimate of drug-likeness (QED) is 0.902. The summed E-state index contributed by atoms with van der Waals surface area (Å²) in [7, 11) is 2.20. The summed E-state index contributed by atoms with van der Waals surface area (Å²) < 4.78 is 1.93. The van der Waals surface area contributed by atoms with Crippen molar-refractivity contribution >= 4 is 0 Å². The first kappa shape index (κ1) is 14.5. The van der Waals surface area contributed by atoms with Gasteiger partial charge in [-0.3, -0.25) is 0 Å². The van der Waals surface area contributed by atoms with Crippen molar-refractivity contribution in [2.45, 2.75) is 64.7 Å². The molecule has 2 rings (SSSR count). The van der Waals surface area contributed by atoms with Gasteiger partial charge in [-0.05, 0) is 54.1 Å². The Balaban J connectivity index is 1.84. The van der Waals surface area contributed by atoms with Gasteiger partial charge in [-0.1, -0.05) is 5.21 Å². The molecule has 0 amide bonds. The van der Waals surface area contributed by atoms with Crippen LogP contribution in [0.5, 0.6) is 0 Å². The molecule has 19 heavy (non-hydrogen) atoms. The smallest absolute Gasteiger partial charge is 0.0965 e. The Labute approximate surface area is 116 Å². The van der Waals surface area contributed by atoms with Crippen molar-refractivity contribution in [3.63, 3.8) is 0 Å². The minimum Gasteiger partial charge on any atom is -0.308 e. The second-order valence-electron chi connectivity index (χ2n) is 6.76. The molecule has 0 aromatic carbocycles. The molecule has 1 aliphatic rings. The fourth-order valence-corrected chi connectivity index (χ4v) is 2.43. The van der Waals surface area contributed by atoms with Gasteiger partial charge < -0.3 is 10.2 Å². The molecule has 1 aromatic rings. The summed E-state index contributed by atoms with van der Waals surface area (Å²) in [5, 5.41) is 12.0. The number of aromatic nitrogens is 3. The molecule has 0 saturated carbocycles. The third-order valence-corrected chi connectivity index (χ3v) is 4.01. The fourth-order valence-electron chi connectivity index (χ4n) is 2.43. The van der Waals surface area contributed by atoms with Crippen LogP contribution in [0.25, 0.3) is 0 Å². The lowest BCUT2D eigenvalue weighted by molar-refractivity contribution is 0.168. The summed E-state index contributed by atoms with van der Waals surface area (Å²) in [5.41, 5.74) is 1.04. The normalized spacial score (nSPS) is 25.7. The molecule has 0 bridgehead atoms. The second kappa shape index (κ2) is 5.59. The topological polar surface area (TPSA) is 46.0 Å². The summed E-state index contributed by atoms with van der Waals surface area (Å²) in [6, 6.07) is 1.27. The molecule has 5 heteroatoms. The van der Waals surface area contributed by atoms with E-state index in [4.69, 9.17) is 0 Å². The molecule has 108 valence electrons. The van der Waals surface area contributed by atoms with Gasteiger partial charge in [0.25, 0.3) is 0 Å². The molecule has 1 fully saturated rings. The lowest BCUT2D eigenvalue weighted by Gasteiger charge is -2.35. The van der Waals surface area contributed by atoms with E-state index in [2.05, 4.69) is 55.3 Å². The maximum atomic E-state index is 4.24. The van der Waals surface area contributed by atoms with E-state index in [1.807, 2.05) is 10.9 Å². The van der Waals surface area contributed by atoms with Gasteiger partial charge in [0.15, 0.2) is 0 Å². The number of hydrogen-bond donors (Lipinski definition) is 1. The Morgan fingerprint density at radius 3 is 2.74 bits per heavy atom. The summed E-state index contributed by atoms with van der Waals surface area (Å²) in [4.78, 5) is 2.42. The van der Waals surface area contributed by atoms with Gasteiger partial charge in [-0.15, -0.1) is 5.10 Å². The van der Waals surface area contributed by atoms with Gasteiger partial charge in [0.05, 0.1) is 17.4 Å². The molecule has 1 aliphatic heterocycles. The largest absolute Gasteiger partial charge is 0.308 e. The highest BCUT2D eigenvalue weighted by atomic mass is 15.4. The van der Waals surface area contributed by atoms with E-state index in [0.29, 0.717) is 12.1 Å². The third-order valence-electron chi connectivity index (χ3n) is 4.01. The average molecular weight is 265 g/mol. The molecule has 0 spiro atoms. The maximum Gasteiger partial charge on any atom is 0.0965 e. The Kier molecular flexibility index (Phi) is 4.26. The summed E-state index contributed by atoms with van der Waals surface area (Å²) in [6.07, 6.45) is 4.48. The van der Waals surface area contributed by atoms with Crippen molar-refractivity contribution in [2.75, 3.05) is 13.6 Å². The molecule has 0 aliphatic carbocycles. The van der Waals surface area contributed by atoms with Crippen LogP contribution in [0, 0.1) is 0 Å². The predicted octanol–water partition coefficient (Wildman–Crippen LogP) is 1.61. The van der Waals surface area contributed by atoms with E-state index >= 15 is 0 Å². The van der Waals surface area contributed by atoms with Crippen LogP contribution < -0.4 is 5.32 Å². The number of piperidine rings is 1. The molecule has 2 atom stereocenters. The number of nitrogens with zero attached hydrogens (tertiary/aromatic N) is 4. The lowest BCUT2D eigenvalue weighted by Crippen LogP contribution is -2.45. The molecule has 1 aromatic heterocycles. The van der Waals surface area contributed by atoms with Gasteiger partial charge in [-0.25, -0.2) is 4.68 Å². The molecular weight excluding hydrogens is 238 g/mol. The highest BCUT2D eigenvalue weighted by Crippen LogP contribution is 2.16. The van der Waals surface area contributed by atoms with Crippen LogP contribution in [0.3, 0.4) is 0 Å². The van der Waals surface area contributed by atoms with Gasteiger partial charge in [0.1, 0.15) is 0 Å². The monoisotopic (exact) mass is 265 g/mol. The Bertz CT molecular complexity index is 406. The highest BCUT2D eigenvalue weighted by molar-refractivity contribution is 4.95. The Hall–Kier alpha value is -0.940. The zero-order valence-electron chi connectivity index (χ0n) is 12.8. The lowest BCUT2D eigenvalue weighted by atomic mass is 9.99. The van der Waals surface area contributed by atoms with Crippen molar-refractivity contribution in [3.8, 4) is 0 Å². The van der Waals surface area contributed by atoms with Crippen LogP contribution in [-0.2, 0) is 12.1 Å². The van der Waals surface area contributed by atoms with Crippen LogP contribution in [0.1, 0.15) is 46.2 Å². The molecule has 2 unspecified atom stereocenters. The molecule has 2 heterocycles. The van der Waals surface area contributed by atoms with Crippen molar-refractivity contribution in [2.24, 2.45) is 0 Å². The number of rotatable bonds is 3. The molecule has 5 nitrogen and oxygen atoms in total. The SMILES string of the molecule is CC1CC(NCc2cn(C(C)(C)C)nn2)CCN1C. The second-order valence-corrected chi connectivity index (χ2v) is 6.76. The van der Waals surface area contributed by atoms with Gasteiger partial charge in [-0.2, -0.15) is 0 Å². The van der Waals surface area contributed by atoms with E-state index in [1.165, 1.54) is 19.4 Å². The minimum atomic E-state index is 0.00726. The number of nitrogens with one attached hydrogen (secondary N) is 1. The summed E-state index contributed by atoms with van der Waals surface area (Å²) in [6.45, 7) is 10.7. The van der Waals surface area contributed by atoms with Gasteiger partial charge in [0.2, 0.25) is 0 Å². The van der Waals surface area contributed by atoms with Crippen molar-refractivity contribution < 1.29 is 0 Å². The van der Waals surface area contributed by atoms with E-state index < -0.39 is 0 Å². The van der Waals surface area contributed by atoms with E-state index in [-0.39, 0.29) is 5.54 Å². The summed E-state index contributed by atoms with van der Waals surface area (Å²) >= 11 is 0. The first-order valence-corrected chi connectivity index (χ1v) is 7.21. The highest BCUT2D eigenvalue weighted by Gasteiger charge is 2.22. The fraction of sp³-hybridized carbons (Fsp3) is 0.857. The van der Waals surface area contributed by atoms with E-state index in [1.54, 1.807) is 0 Å². The molecule has 1 N–H and O–H groups in total. The van der Waals surface area contributed by atoms with Crippen LogP contribution >= 0.6 is 0 Å². The number of hydrogen-bond acceptors (Lipinski definition) is 4. The molecule has 1 saturated heterocycles. The Morgan fingerprint density at radius 2 is 2.16 bits per heavy atom. The standard InChI is InChI=1S/C14H27N5/c1-11-8-12(6-7-18(11)5)15-9-13-10-19(17-16-13)14(2,3)4/h10-12,15H,6-9H2,1-5H3. The van der Waals surface area contributed by atoms with Crippen LogP contribution in [0.4, 0.5) is 0 Å². The van der Waals surface area contributed by atoms with Crippen molar-refractivity contribution in [3.05, 3.63) is 11.9 Å². The van der Waals surface area contributed by atoms with Crippen LogP contribution in [0.2, 0.25) is 0 Å². The van der Waals surface area contributed by atoms with Crippen LogP contribution in [-0.4, -0.2) is 45.6 Å². The van der Waals surface area contributed by atoms with Crippen molar-refractivity contribution in [1.82, 2.24) is 25.2 Å². The van der Waals surface area contributed by atoms with Crippen LogP contribution in [0.15, 0.2) is 6.20 Å². The first-order valence-electron chi connectivity index (χ1n) is 7.21. The molecule has 0 radical (unpaired) electrons. The third kappa shape index (κ3) is 3.76. The minimum absolute atomic E-state index is 0.00726. The number of likely N-dealkylation sites (tertiary alicyclic amines) is 1. The maximum absolute atomic E-state index is 4.24. The first-order chi connectivity index (χ1) is 8.86. The van der Waals surface area contributed by atoms with E-state index in [0.717, 1.165) is 12.2 Å². The van der Waals surface area contributed by atoms with E-state index in [9.17, 15) is 0 Å². The zero-order valence-corrected chi connectivity index (χ0v) is 12.8.